The van der Waals surface area contributed by atoms with Crippen molar-refractivity contribution in [2.45, 2.75) is 32.4 Å². The van der Waals surface area contributed by atoms with Crippen molar-refractivity contribution in [3.63, 3.8) is 0 Å². The van der Waals surface area contributed by atoms with Crippen LogP contribution in [0.5, 0.6) is 0 Å². The van der Waals surface area contributed by atoms with Crippen molar-refractivity contribution in [3.8, 4) is 17.1 Å². The zero-order chi connectivity index (χ0) is 20.4. The summed E-state index contributed by atoms with van der Waals surface area (Å²) in [6.45, 7) is 1.98. The molecule has 4 rings (SSSR count). The van der Waals surface area contributed by atoms with Gasteiger partial charge in [-0.25, -0.2) is 9.67 Å². The van der Waals surface area contributed by atoms with Crippen LogP contribution in [0, 0.1) is 0 Å². The quantitative estimate of drug-likeness (QED) is 0.493. The Morgan fingerprint density at radius 1 is 1.14 bits per heavy atom. The molecule has 0 spiro atoms. The van der Waals surface area contributed by atoms with E-state index < -0.39 is 0 Å². The number of hydrogen-bond donors (Lipinski definition) is 2. The first-order chi connectivity index (χ1) is 14.1. The van der Waals surface area contributed by atoms with E-state index in [1.165, 1.54) is 0 Å². The average Bonchev–Trinajstić information content (AvgIpc) is 3.19. The van der Waals surface area contributed by atoms with Gasteiger partial charge in [-0.3, -0.25) is 4.98 Å². The maximum absolute atomic E-state index is 9.39. The highest BCUT2D eigenvalue weighted by Crippen LogP contribution is 2.31. The Kier molecular flexibility index (Phi) is 5.58. The lowest BCUT2D eigenvalue weighted by Crippen LogP contribution is -2.11. The van der Waals surface area contributed by atoms with Crippen LogP contribution in [0.3, 0.4) is 0 Å². The minimum Gasteiger partial charge on any atom is -0.390 e. The molecule has 1 atom stereocenters. The van der Waals surface area contributed by atoms with Crippen molar-refractivity contribution in [1.29, 1.82) is 0 Å². The molecular formula is C22H22ClN5O. The SMILES string of the molecule is CCCC(N)c1cccc(-c2cc(Cl)c3cnn(-c4cccc(CO)n4)c3c2)n1. The summed E-state index contributed by atoms with van der Waals surface area (Å²) in [6, 6.07) is 15.1. The fourth-order valence-electron chi connectivity index (χ4n) is 3.37. The first-order valence-electron chi connectivity index (χ1n) is 9.58. The number of aliphatic hydroxyl groups is 1. The largest absolute Gasteiger partial charge is 0.390 e. The van der Waals surface area contributed by atoms with Crippen molar-refractivity contribution in [2.24, 2.45) is 5.73 Å². The van der Waals surface area contributed by atoms with Crippen LogP contribution in [0.1, 0.15) is 37.2 Å². The molecule has 29 heavy (non-hydrogen) atoms. The highest BCUT2D eigenvalue weighted by molar-refractivity contribution is 6.35. The third kappa shape index (κ3) is 3.87. The minimum atomic E-state index is -0.131. The van der Waals surface area contributed by atoms with E-state index in [9.17, 15) is 5.11 Å². The van der Waals surface area contributed by atoms with E-state index in [4.69, 9.17) is 22.3 Å². The molecule has 0 amide bonds. The van der Waals surface area contributed by atoms with Gasteiger partial charge in [-0.05, 0) is 42.8 Å². The van der Waals surface area contributed by atoms with Crippen molar-refractivity contribution in [3.05, 3.63) is 71.1 Å². The standard InChI is InChI=1S/C22H22ClN5O/c1-2-5-18(24)20-8-4-7-19(27-20)14-10-17(23)16-12-25-28(21(16)11-14)22-9-3-6-15(13-29)26-22/h3-4,6-12,18,29H,2,5,13,24H2,1H3. The molecule has 4 aromatic rings. The van der Waals surface area contributed by atoms with E-state index in [0.29, 0.717) is 16.5 Å². The van der Waals surface area contributed by atoms with Crippen LogP contribution >= 0.6 is 11.6 Å². The number of pyridine rings is 2. The summed E-state index contributed by atoms with van der Waals surface area (Å²) >= 11 is 6.56. The number of aromatic nitrogens is 4. The molecule has 0 fully saturated rings. The lowest BCUT2D eigenvalue weighted by atomic mass is 10.1. The number of halogens is 1. The highest BCUT2D eigenvalue weighted by Gasteiger charge is 2.14. The zero-order valence-corrected chi connectivity index (χ0v) is 16.8. The third-order valence-electron chi connectivity index (χ3n) is 4.86. The smallest absolute Gasteiger partial charge is 0.154 e. The van der Waals surface area contributed by atoms with Gasteiger partial charge in [-0.2, -0.15) is 5.10 Å². The second-order valence-electron chi connectivity index (χ2n) is 6.94. The monoisotopic (exact) mass is 407 g/mol. The second-order valence-corrected chi connectivity index (χ2v) is 7.34. The molecule has 1 aromatic carbocycles. The van der Waals surface area contributed by atoms with Gasteiger partial charge in [0, 0.05) is 17.0 Å². The Balaban J connectivity index is 1.82. The van der Waals surface area contributed by atoms with Crippen LogP contribution in [0.4, 0.5) is 0 Å². The maximum Gasteiger partial charge on any atom is 0.154 e. The van der Waals surface area contributed by atoms with Crippen LogP contribution in [-0.4, -0.2) is 24.9 Å². The van der Waals surface area contributed by atoms with Gasteiger partial charge in [0.2, 0.25) is 0 Å². The Morgan fingerprint density at radius 2 is 1.97 bits per heavy atom. The predicted octanol–water partition coefficient (Wildman–Crippen LogP) is 4.43. The molecule has 3 N–H and O–H groups in total. The summed E-state index contributed by atoms with van der Waals surface area (Å²) < 4.78 is 1.72. The summed E-state index contributed by atoms with van der Waals surface area (Å²) in [5.41, 5.74) is 10.2. The predicted molar refractivity (Wildman–Crippen MR) is 115 cm³/mol. The third-order valence-corrected chi connectivity index (χ3v) is 5.17. The number of aliphatic hydroxyl groups excluding tert-OH is 1. The summed E-state index contributed by atoms with van der Waals surface area (Å²) in [5.74, 6) is 0.617. The Morgan fingerprint density at radius 3 is 2.76 bits per heavy atom. The number of rotatable bonds is 6. The van der Waals surface area contributed by atoms with Crippen LogP contribution in [0.25, 0.3) is 28.0 Å². The van der Waals surface area contributed by atoms with Gasteiger partial charge >= 0.3 is 0 Å². The molecule has 0 saturated heterocycles. The second kappa shape index (κ2) is 8.29. The molecule has 0 aliphatic carbocycles. The molecule has 3 aromatic heterocycles. The van der Waals surface area contributed by atoms with Crippen molar-refractivity contribution in [2.75, 3.05) is 0 Å². The van der Waals surface area contributed by atoms with Gasteiger partial charge in [0.05, 0.1) is 40.4 Å². The van der Waals surface area contributed by atoms with Gasteiger partial charge in [0.15, 0.2) is 5.82 Å². The summed E-state index contributed by atoms with van der Waals surface area (Å²) in [7, 11) is 0. The molecule has 3 heterocycles. The van der Waals surface area contributed by atoms with Crippen LogP contribution in [0.2, 0.25) is 5.02 Å². The normalized spacial score (nSPS) is 12.4. The topological polar surface area (TPSA) is 89.8 Å². The molecule has 6 nitrogen and oxygen atoms in total. The fourth-order valence-corrected chi connectivity index (χ4v) is 3.63. The van der Waals surface area contributed by atoms with Crippen LogP contribution in [0.15, 0.2) is 54.7 Å². The van der Waals surface area contributed by atoms with E-state index in [1.54, 1.807) is 16.9 Å². The van der Waals surface area contributed by atoms with E-state index >= 15 is 0 Å². The molecule has 0 radical (unpaired) electrons. The molecule has 1 unspecified atom stereocenters. The Hall–Kier alpha value is -2.80. The highest BCUT2D eigenvalue weighted by atomic mass is 35.5. The van der Waals surface area contributed by atoms with Gasteiger partial charge in [0.25, 0.3) is 0 Å². The first-order valence-corrected chi connectivity index (χ1v) is 9.96. The molecule has 148 valence electrons. The van der Waals surface area contributed by atoms with Crippen LogP contribution in [-0.2, 0) is 6.61 Å². The zero-order valence-electron chi connectivity index (χ0n) is 16.1. The number of hydrogen-bond acceptors (Lipinski definition) is 5. The molecular weight excluding hydrogens is 386 g/mol. The van der Waals surface area contributed by atoms with Crippen molar-refractivity contribution >= 4 is 22.5 Å². The average molecular weight is 408 g/mol. The lowest BCUT2D eigenvalue weighted by Gasteiger charge is -2.12. The Labute approximate surface area is 174 Å². The fraction of sp³-hybridized carbons (Fsp3) is 0.227. The molecule has 0 saturated carbocycles. The molecule has 7 heteroatoms. The summed E-state index contributed by atoms with van der Waals surface area (Å²) in [6.07, 6.45) is 3.61. The molecule has 0 bridgehead atoms. The van der Waals surface area contributed by atoms with Crippen molar-refractivity contribution < 1.29 is 5.11 Å². The summed E-state index contributed by atoms with van der Waals surface area (Å²) in [5, 5.41) is 15.3. The maximum atomic E-state index is 9.39. The number of fused-ring (bicyclic) bond motifs is 1. The van der Waals surface area contributed by atoms with Gasteiger partial charge in [-0.1, -0.05) is 37.1 Å². The number of nitrogens with zero attached hydrogens (tertiary/aromatic N) is 4. The number of nitrogens with two attached hydrogens (primary N) is 1. The van der Waals surface area contributed by atoms with E-state index in [1.807, 2.05) is 42.5 Å². The van der Waals surface area contributed by atoms with E-state index in [2.05, 4.69) is 17.0 Å². The van der Waals surface area contributed by atoms with Crippen LogP contribution < -0.4 is 5.73 Å². The lowest BCUT2D eigenvalue weighted by molar-refractivity contribution is 0.276. The van der Waals surface area contributed by atoms with Crippen molar-refractivity contribution in [1.82, 2.24) is 19.7 Å². The molecule has 0 aliphatic rings. The molecule has 0 aliphatic heterocycles. The van der Waals surface area contributed by atoms with E-state index in [-0.39, 0.29) is 12.6 Å². The summed E-state index contributed by atoms with van der Waals surface area (Å²) in [4.78, 5) is 9.21. The number of benzene rings is 1. The minimum absolute atomic E-state index is 0.0879. The Bertz CT molecular complexity index is 1160. The first kappa shape index (κ1) is 19.5. The van der Waals surface area contributed by atoms with Gasteiger partial charge in [0.1, 0.15) is 0 Å². The van der Waals surface area contributed by atoms with Gasteiger partial charge in [-0.15, -0.1) is 0 Å². The van der Waals surface area contributed by atoms with E-state index in [0.717, 1.165) is 40.7 Å². The van der Waals surface area contributed by atoms with Gasteiger partial charge < -0.3 is 10.8 Å².